The van der Waals surface area contributed by atoms with Crippen molar-refractivity contribution in [3.8, 4) is 0 Å². The van der Waals surface area contributed by atoms with Crippen LogP contribution in [-0.2, 0) is 22.6 Å². The van der Waals surface area contributed by atoms with Gasteiger partial charge in [0.05, 0.1) is 0 Å². The van der Waals surface area contributed by atoms with Gasteiger partial charge in [-0.25, -0.2) is 0 Å². The van der Waals surface area contributed by atoms with Gasteiger partial charge in [0, 0.05) is 45.0 Å². The summed E-state index contributed by atoms with van der Waals surface area (Å²) >= 11 is 0. The Bertz CT molecular complexity index is 829. The van der Waals surface area contributed by atoms with Crippen molar-refractivity contribution in [2.24, 2.45) is 0 Å². The van der Waals surface area contributed by atoms with E-state index in [-0.39, 0.29) is 18.2 Å². The van der Waals surface area contributed by atoms with E-state index in [0.29, 0.717) is 19.6 Å². The van der Waals surface area contributed by atoms with Crippen molar-refractivity contribution < 1.29 is 9.59 Å². The minimum Gasteiger partial charge on any atom is -0.340 e. The van der Waals surface area contributed by atoms with E-state index < -0.39 is 0 Å². The molecule has 0 N–H and O–H groups in total. The Morgan fingerprint density at radius 1 is 0.786 bits per heavy atom. The summed E-state index contributed by atoms with van der Waals surface area (Å²) in [4.78, 5) is 31.5. The van der Waals surface area contributed by atoms with Crippen LogP contribution in [0.2, 0.25) is 0 Å². The van der Waals surface area contributed by atoms with Gasteiger partial charge in [-0.3, -0.25) is 14.5 Å². The number of hydrogen-bond acceptors (Lipinski definition) is 3. The SMILES string of the molecule is O=C(CC(=O)N1CCCc2ccccc21)N1CCN(Cc2ccccc2)CC1. The summed E-state index contributed by atoms with van der Waals surface area (Å²) in [5.41, 5.74) is 3.46. The van der Waals surface area contributed by atoms with Gasteiger partial charge in [0.15, 0.2) is 0 Å². The molecule has 2 aliphatic heterocycles. The normalized spacial score (nSPS) is 17.3. The molecule has 146 valence electrons. The van der Waals surface area contributed by atoms with E-state index in [9.17, 15) is 9.59 Å². The summed E-state index contributed by atoms with van der Waals surface area (Å²) in [5.74, 6) is -0.128. The van der Waals surface area contributed by atoms with Crippen molar-refractivity contribution in [3.63, 3.8) is 0 Å². The quantitative estimate of drug-likeness (QED) is 0.770. The first-order valence-electron chi connectivity index (χ1n) is 10.1. The molecule has 0 radical (unpaired) electrons. The third-order valence-electron chi connectivity index (χ3n) is 5.69. The number of piperazine rings is 1. The zero-order chi connectivity index (χ0) is 19.3. The van der Waals surface area contributed by atoms with Gasteiger partial charge in [-0.1, -0.05) is 48.5 Å². The molecule has 5 nitrogen and oxygen atoms in total. The fraction of sp³-hybridized carbons (Fsp3) is 0.391. The lowest BCUT2D eigenvalue weighted by Crippen LogP contribution is -2.49. The number of aryl methyl sites for hydroxylation is 1. The summed E-state index contributed by atoms with van der Waals surface area (Å²) in [6.45, 7) is 4.69. The van der Waals surface area contributed by atoms with Crippen molar-refractivity contribution >= 4 is 17.5 Å². The number of fused-ring (bicyclic) bond motifs is 1. The molecule has 5 heteroatoms. The summed E-state index contributed by atoms with van der Waals surface area (Å²) in [7, 11) is 0. The molecule has 2 heterocycles. The average molecular weight is 377 g/mol. The molecule has 0 bridgehead atoms. The zero-order valence-corrected chi connectivity index (χ0v) is 16.2. The number of carbonyl (C=O) groups is 2. The lowest BCUT2D eigenvalue weighted by Gasteiger charge is -2.35. The van der Waals surface area contributed by atoms with E-state index in [1.54, 1.807) is 4.90 Å². The van der Waals surface area contributed by atoms with E-state index in [1.165, 1.54) is 11.1 Å². The maximum atomic E-state index is 12.8. The molecule has 0 aromatic heterocycles. The Labute approximate surface area is 166 Å². The van der Waals surface area contributed by atoms with Crippen LogP contribution in [0.5, 0.6) is 0 Å². The lowest BCUT2D eigenvalue weighted by molar-refractivity contribution is -0.136. The zero-order valence-electron chi connectivity index (χ0n) is 16.2. The lowest BCUT2D eigenvalue weighted by atomic mass is 10.0. The van der Waals surface area contributed by atoms with Crippen molar-refractivity contribution in [3.05, 3.63) is 65.7 Å². The fourth-order valence-corrected chi connectivity index (χ4v) is 4.13. The highest BCUT2D eigenvalue weighted by atomic mass is 16.2. The second-order valence-corrected chi connectivity index (χ2v) is 7.60. The molecule has 2 aromatic rings. The fourth-order valence-electron chi connectivity index (χ4n) is 4.13. The van der Waals surface area contributed by atoms with Crippen molar-refractivity contribution in [2.45, 2.75) is 25.8 Å². The van der Waals surface area contributed by atoms with E-state index in [0.717, 1.165) is 38.2 Å². The molecule has 0 atom stereocenters. The van der Waals surface area contributed by atoms with Crippen LogP contribution in [0, 0.1) is 0 Å². The second-order valence-electron chi connectivity index (χ2n) is 7.60. The largest absolute Gasteiger partial charge is 0.340 e. The molecule has 1 fully saturated rings. The highest BCUT2D eigenvalue weighted by molar-refractivity contribution is 6.05. The number of hydrogen-bond donors (Lipinski definition) is 0. The molecule has 4 rings (SSSR count). The van der Waals surface area contributed by atoms with Crippen LogP contribution >= 0.6 is 0 Å². The first kappa shape index (κ1) is 18.7. The Kier molecular flexibility index (Phi) is 5.72. The van der Waals surface area contributed by atoms with Crippen LogP contribution in [0.25, 0.3) is 0 Å². The monoisotopic (exact) mass is 377 g/mol. The van der Waals surface area contributed by atoms with Crippen LogP contribution in [0.15, 0.2) is 54.6 Å². The molecular formula is C23H27N3O2. The topological polar surface area (TPSA) is 43.9 Å². The Morgan fingerprint density at radius 3 is 2.29 bits per heavy atom. The van der Waals surface area contributed by atoms with E-state index >= 15 is 0 Å². The van der Waals surface area contributed by atoms with Gasteiger partial charge < -0.3 is 9.80 Å². The van der Waals surface area contributed by atoms with Crippen LogP contribution < -0.4 is 4.90 Å². The summed E-state index contributed by atoms with van der Waals surface area (Å²) in [5, 5.41) is 0. The molecule has 0 unspecified atom stereocenters. The van der Waals surface area contributed by atoms with Gasteiger partial charge in [0.2, 0.25) is 11.8 Å². The standard InChI is InChI=1S/C23H27N3O2/c27-22(17-23(28)26-12-6-10-20-9-4-5-11-21(20)26)25-15-13-24(14-16-25)18-19-7-2-1-3-8-19/h1-5,7-9,11H,6,10,12-18H2. The third kappa shape index (κ3) is 4.25. The minimum absolute atomic E-state index is 0.0347. The Balaban J connectivity index is 1.30. The molecule has 0 spiro atoms. The molecule has 0 aliphatic carbocycles. The van der Waals surface area contributed by atoms with E-state index in [2.05, 4.69) is 35.2 Å². The minimum atomic E-state index is -0.0798. The number of carbonyl (C=O) groups excluding carboxylic acids is 2. The Hall–Kier alpha value is -2.66. The second kappa shape index (κ2) is 8.57. The van der Waals surface area contributed by atoms with Gasteiger partial charge >= 0.3 is 0 Å². The van der Waals surface area contributed by atoms with Gasteiger partial charge in [-0.15, -0.1) is 0 Å². The van der Waals surface area contributed by atoms with Gasteiger partial charge in [-0.05, 0) is 30.0 Å². The van der Waals surface area contributed by atoms with Crippen LogP contribution in [0.4, 0.5) is 5.69 Å². The van der Waals surface area contributed by atoms with Crippen LogP contribution in [-0.4, -0.2) is 54.3 Å². The van der Waals surface area contributed by atoms with Crippen molar-refractivity contribution in [2.75, 3.05) is 37.6 Å². The molecule has 28 heavy (non-hydrogen) atoms. The van der Waals surface area contributed by atoms with E-state index in [1.807, 2.05) is 29.2 Å². The summed E-state index contributed by atoms with van der Waals surface area (Å²) in [6, 6.07) is 18.4. The maximum absolute atomic E-state index is 12.8. The van der Waals surface area contributed by atoms with Crippen LogP contribution in [0.3, 0.4) is 0 Å². The van der Waals surface area contributed by atoms with Gasteiger partial charge in [0.25, 0.3) is 0 Å². The number of amides is 2. The first-order chi connectivity index (χ1) is 13.7. The average Bonchev–Trinajstić information content (AvgIpc) is 2.74. The number of anilines is 1. The van der Waals surface area contributed by atoms with E-state index in [4.69, 9.17) is 0 Å². The number of para-hydroxylation sites is 1. The number of rotatable bonds is 4. The third-order valence-corrected chi connectivity index (χ3v) is 5.69. The molecule has 2 amide bonds. The summed E-state index contributed by atoms with van der Waals surface area (Å²) < 4.78 is 0. The van der Waals surface area contributed by atoms with Gasteiger partial charge in [0.1, 0.15) is 6.42 Å². The smallest absolute Gasteiger partial charge is 0.236 e. The first-order valence-corrected chi connectivity index (χ1v) is 10.1. The van der Waals surface area contributed by atoms with Crippen molar-refractivity contribution in [1.82, 2.24) is 9.80 Å². The Morgan fingerprint density at radius 2 is 1.50 bits per heavy atom. The molecule has 0 saturated carbocycles. The summed E-state index contributed by atoms with van der Waals surface area (Å²) in [6.07, 6.45) is 1.92. The van der Waals surface area contributed by atoms with Gasteiger partial charge in [-0.2, -0.15) is 0 Å². The number of nitrogens with zero attached hydrogens (tertiary/aromatic N) is 3. The maximum Gasteiger partial charge on any atom is 0.236 e. The highest BCUT2D eigenvalue weighted by Crippen LogP contribution is 2.27. The van der Waals surface area contributed by atoms with Crippen molar-refractivity contribution in [1.29, 1.82) is 0 Å². The van der Waals surface area contributed by atoms with Crippen LogP contribution in [0.1, 0.15) is 24.0 Å². The highest BCUT2D eigenvalue weighted by Gasteiger charge is 2.27. The predicted molar refractivity (Wildman–Crippen MR) is 110 cm³/mol. The molecular weight excluding hydrogens is 350 g/mol. The molecule has 1 saturated heterocycles. The molecule has 2 aliphatic rings. The molecule has 2 aromatic carbocycles. The number of benzene rings is 2. The predicted octanol–water partition coefficient (Wildman–Crippen LogP) is 2.70.